The van der Waals surface area contributed by atoms with Crippen molar-refractivity contribution < 1.29 is 4.74 Å². The number of alkyl halides is 1. The van der Waals surface area contributed by atoms with Gasteiger partial charge in [-0.3, -0.25) is 0 Å². The summed E-state index contributed by atoms with van der Waals surface area (Å²) in [6, 6.07) is 0. The van der Waals surface area contributed by atoms with E-state index in [2.05, 4.69) is 36.7 Å². The summed E-state index contributed by atoms with van der Waals surface area (Å²) in [7, 11) is 0. The second-order valence-electron chi connectivity index (χ2n) is 4.84. The van der Waals surface area contributed by atoms with E-state index in [4.69, 9.17) is 4.74 Å². The average molecular weight is 263 g/mol. The number of rotatable bonds is 4. The maximum atomic E-state index is 6.18. The molecule has 1 aliphatic carbocycles. The Morgan fingerprint density at radius 1 is 1.43 bits per heavy atom. The van der Waals surface area contributed by atoms with Crippen molar-refractivity contribution in [1.29, 1.82) is 0 Å². The molecule has 0 spiro atoms. The Hall–Kier alpha value is 0.440. The van der Waals surface area contributed by atoms with Crippen molar-refractivity contribution in [3.8, 4) is 0 Å². The van der Waals surface area contributed by atoms with Crippen LogP contribution in [0.1, 0.15) is 52.9 Å². The Balaban J connectivity index is 2.49. The number of hydrogen-bond acceptors (Lipinski definition) is 1. The third-order valence-electron chi connectivity index (χ3n) is 3.46. The minimum absolute atomic E-state index is 0.141. The van der Waals surface area contributed by atoms with Gasteiger partial charge in [0, 0.05) is 5.33 Å². The molecule has 1 atom stereocenters. The molecule has 0 N–H and O–H groups in total. The maximum absolute atomic E-state index is 6.18. The first-order valence-electron chi connectivity index (χ1n) is 5.85. The van der Waals surface area contributed by atoms with Crippen LogP contribution < -0.4 is 0 Å². The van der Waals surface area contributed by atoms with Crippen LogP contribution in [0.15, 0.2) is 0 Å². The van der Waals surface area contributed by atoms with Crippen LogP contribution in [0.5, 0.6) is 0 Å². The van der Waals surface area contributed by atoms with Crippen molar-refractivity contribution in [2.45, 2.75) is 64.6 Å². The summed E-state index contributed by atoms with van der Waals surface area (Å²) < 4.78 is 6.18. The molecule has 84 valence electrons. The molecule has 0 aromatic heterocycles. The minimum Gasteiger partial charge on any atom is -0.371 e. The maximum Gasteiger partial charge on any atom is 0.0782 e. The Labute approximate surface area is 96.7 Å². The van der Waals surface area contributed by atoms with Gasteiger partial charge in [0.2, 0.25) is 0 Å². The van der Waals surface area contributed by atoms with Crippen LogP contribution in [0.2, 0.25) is 0 Å². The molecular formula is C12H23BrO. The Kier molecular flexibility index (Phi) is 4.92. The molecule has 0 amide bonds. The highest BCUT2D eigenvalue weighted by molar-refractivity contribution is 9.09. The Bertz CT molecular complexity index is 162. The summed E-state index contributed by atoms with van der Waals surface area (Å²) in [6.45, 7) is 6.72. The molecule has 14 heavy (non-hydrogen) atoms. The zero-order chi connectivity index (χ0) is 10.6. The van der Waals surface area contributed by atoms with Crippen LogP contribution in [0.3, 0.4) is 0 Å². The summed E-state index contributed by atoms with van der Waals surface area (Å²) in [5.74, 6) is 0.891. The normalized spacial score (nSPS) is 35.6. The standard InChI is InChI=1S/C12H23BrO/c1-4-11(3)14-12(9-13)7-5-10(2)6-8-12/h10-11H,4-9H2,1-3H3. The van der Waals surface area contributed by atoms with Crippen molar-refractivity contribution in [3.63, 3.8) is 0 Å². The molecule has 1 saturated carbocycles. The second-order valence-corrected chi connectivity index (χ2v) is 5.40. The minimum atomic E-state index is 0.141. The van der Waals surface area contributed by atoms with Crippen LogP contribution >= 0.6 is 15.9 Å². The van der Waals surface area contributed by atoms with Gasteiger partial charge in [-0.25, -0.2) is 0 Å². The largest absolute Gasteiger partial charge is 0.371 e. The predicted octanol–water partition coefficient (Wildman–Crippen LogP) is 4.15. The lowest BCUT2D eigenvalue weighted by Crippen LogP contribution is -2.41. The average Bonchev–Trinajstić information content (AvgIpc) is 2.22. The first-order valence-corrected chi connectivity index (χ1v) is 6.98. The van der Waals surface area contributed by atoms with Gasteiger partial charge in [-0.05, 0) is 44.9 Å². The van der Waals surface area contributed by atoms with Gasteiger partial charge < -0.3 is 4.74 Å². The molecule has 0 aliphatic heterocycles. The van der Waals surface area contributed by atoms with Gasteiger partial charge in [0.1, 0.15) is 0 Å². The number of hydrogen-bond donors (Lipinski definition) is 0. The van der Waals surface area contributed by atoms with Gasteiger partial charge in [-0.1, -0.05) is 29.8 Å². The third kappa shape index (κ3) is 3.23. The highest BCUT2D eigenvalue weighted by Crippen LogP contribution is 2.37. The Morgan fingerprint density at radius 2 is 2.00 bits per heavy atom. The molecule has 1 fully saturated rings. The highest BCUT2D eigenvalue weighted by Gasteiger charge is 2.35. The molecule has 1 nitrogen and oxygen atoms in total. The van der Waals surface area contributed by atoms with E-state index in [0.29, 0.717) is 6.10 Å². The van der Waals surface area contributed by atoms with Gasteiger partial charge in [-0.2, -0.15) is 0 Å². The molecule has 2 heteroatoms. The fraction of sp³-hybridized carbons (Fsp3) is 1.00. The van der Waals surface area contributed by atoms with Crippen molar-refractivity contribution in [2.75, 3.05) is 5.33 Å². The third-order valence-corrected chi connectivity index (χ3v) is 4.48. The molecule has 1 unspecified atom stereocenters. The van der Waals surface area contributed by atoms with E-state index in [0.717, 1.165) is 17.7 Å². The molecule has 1 aliphatic rings. The van der Waals surface area contributed by atoms with E-state index in [-0.39, 0.29) is 5.60 Å². The second kappa shape index (κ2) is 5.50. The molecule has 0 saturated heterocycles. The van der Waals surface area contributed by atoms with Gasteiger partial charge in [0.25, 0.3) is 0 Å². The summed E-state index contributed by atoms with van der Waals surface area (Å²) >= 11 is 3.62. The van der Waals surface area contributed by atoms with E-state index in [1.165, 1.54) is 25.7 Å². The molecule has 1 rings (SSSR count). The van der Waals surface area contributed by atoms with Gasteiger partial charge in [-0.15, -0.1) is 0 Å². The molecular weight excluding hydrogens is 240 g/mol. The quantitative estimate of drug-likeness (QED) is 0.692. The van der Waals surface area contributed by atoms with Crippen LogP contribution in [-0.4, -0.2) is 17.0 Å². The fourth-order valence-corrected chi connectivity index (χ4v) is 2.77. The van der Waals surface area contributed by atoms with Crippen LogP contribution in [-0.2, 0) is 4.74 Å². The predicted molar refractivity (Wildman–Crippen MR) is 65.0 cm³/mol. The summed E-state index contributed by atoms with van der Waals surface area (Å²) in [5, 5.41) is 0.997. The molecule has 0 aromatic rings. The van der Waals surface area contributed by atoms with Crippen LogP contribution in [0, 0.1) is 5.92 Å². The summed E-state index contributed by atoms with van der Waals surface area (Å²) in [6.07, 6.45) is 6.61. The van der Waals surface area contributed by atoms with Gasteiger partial charge in [0.05, 0.1) is 11.7 Å². The van der Waals surface area contributed by atoms with E-state index in [9.17, 15) is 0 Å². The summed E-state index contributed by atoms with van der Waals surface area (Å²) in [5.41, 5.74) is 0.141. The zero-order valence-corrected chi connectivity index (χ0v) is 11.3. The molecule has 0 aromatic carbocycles. The van der Waals surface area contributed by atoms with E-state index in [1.807, 2.05) is 0 Å². The zero-order valence-electron chi connectivity index (χ0n) is 9.68. The van der Waals surface area contributed by atoms with E-state index >= 15 is 0 Å². The topological polar surface area (TPSA) is 9.23 Å². The number of halogens is 1. The number of ether oxygens (including phenoxy) is 1. The first-order chi connectivity index (χ1) is 6.62. The smallest absolute Gasteiger partial charge is 0.0782 e. The van der Waals surface area contributed by atoms with Gasteiger partial charge in [0.15, 0.2) is 0 Å². The van der Waals surface area contributed by atoms with Crippen molar-refractivity contribution >= 4 is 15.9 Å². The SMILES string of the molecule is CCC(C)OC1(CBr)CCC(C)CC1. The lowest BCUT2D eigenvalue weighted by Gasteiger charge is -2.40. The Morgan fingerprint density at radius 3 is 2.43 bits per heavy atom. The monoisotopic (exact) mass is 262 g/mol. The summed E-state index contributed by atoms with van der Waals surface area (Å²) in [4.78, 5) is 0. The first kappa shape index (κ1) is 12.5. The lowest BCUT2D eigenvalue weighted by molar-refractivity contribution is -0.0973. The van der Waals surface area contributed by atoms with Crippen molar-refractivity contribution in [2.24, 2.45) is 5.92 Å². The molecule has 0 heterocycles. The van der Waals surface area contributed by atoms with Crippen LogP contribution in [0.25, 0.3) is 0 Å². The molecule has 0 radical (unpaired) electrons. The van der Waals surface area contributed by atoms with Crippen molar-refractivity contribution in [1.82, 2.24) is 0 Å². The highest BCUT2D eigenvalue weighted by atomic mass is 79.9. The van der Waals surface area contributed by atoms with Gasteiger partial charge >= 0.3 is 0 Å². The van der Waals surface area contributed by atoms with E-state index < -0.39 is 0 Å². The molecule has 0 bridgehead atoms. The van der Waals surface area contributed by atoms with E-state index in [1.54, 1.807) is 0 Å². The van der Waals surface area contributed by atoms with Crippen molar-refractivity contribution in [3.05, 3.63) is 0 Å². The lowest BCUT2D eigenvalue weighted by atomic mass is 9.80. The van der Waals surface area contributed by atoms with Crippen LogP contribution in [0.4, 0.5) is 0 Å². The fourth-order valence-electron chi connectivity index (χ4n) is 2.08.